The van der Waals surface area contributed by atoms with Crippen molar-refractivity contribution in [3.8, 4) is 5.75 Å². The smallest absolute Gasteiger partial charge is 0.246 e. The number of hydrogen-bond donors (Lipinski definition) is 2. The largest absolute Gasteiger partial charge is 0.484 e. The molecule has 3 rings (SSSR count). The van der Waals surface area contributed by atoms with E-state index in [0.717, 1.165) is 5.69 Å². The van der Waals surface area contributed by atoms with Crippen molar-refractivity contribution in [1.82, 2.24) is 15.2 Å². The van der Waals surface area contributed by atoms with Gasteiger partial charge in [-0.05, 0) is 36.4 Å². The number of H-pyrrole nitrogens is 1. The number of nitrogens with zero attached hydrogens (tertiary/aromatic N) is 2. The molecule has 0 amide bonds. The van der Waals surface area contributed by atoms with E-state index in [1.54, 1.807) is 24.3 Å². The number of nitrogens with one attached hydrogen (secondary N) is 2. The summed E-state index contributed by atoms with van der Waals surface area (Å²) in [4.78, 5) is 4.29. The first-order valence-electron chi connectivity index (χ1n) is 6.52. The molecule has 0 radical (unpaired) electrons. The molecule has 7 heteroatoms. The Morgan fingerprint density at radius 2 is 1.82 bits per heavy atom. The Balaban J connectivity index is 1.61. The minimum atomic E-state index is 0.249. The summed E-state index contributed by atoms with van der Waals surface area (Å²) in [5.74, 6) is 1.66. The Labute approximate surface area is 137 Å². The summed E-state index contributed by atoms with van der Waals surface area (Å²) in [5.41, 5.74) is 0.849. The molecule has 3 aromatic rings. The zero-order chi connectivity index (χ0) is 15.4. The van der Waals surface area contributed by atoms with Gasteiger partial charge < -0.3 is 10.1 Å². The molecule has 112 valence electrons. The number of aromatic amines is 1. The van der Waals surface area contributed by atoms with E-state index in [2.05, 4.69) is 20.5 Å². The van der Waals surface area contributed by atoms with Gasteiger partial charge in [0.25, 0.3) is 0 Å². The van der Waals surface area contributed by atoms with Gasteiger partial charge in [0.05, 0.1) is 5.02 Å². The monoisotopic (exact) mass is 334 g/mol. The molecule has 2 aromatic carbocycles. The van der Waals surface area contributed by atoms with Gasteiger partial charge in [0.2, 0.25) is 5.95 Å². The van der Waals surface area contributed by atoms with Crippen molar-refractivity contribution in [1.29, 1.82) is 0 Å². The quantitative estimate of drug-likeness (QED) is 0.724. The summed E-state index contributed by atoms with van der Waals surface area (Å²) >= 11 is 11.9. The van der Waals surface area contributed by atoms with Crippen molar-refractivity contribution < 1.29 is 4.74 Å². The maximum absolute atomic E-state index is 6.02. The molecule has 5 nitrogen and oxygen atoms in total. The van der Waals surface area contributed by atoms with Crippen LogP contribution in [0, 0.1) is 0 Å². The van der Waals surface area contributed by atoms with Gasteiger partial charge in [-0.15, -0.1) is 5.10 Å². The molecule has 2 N–H and O–H groups in total. The van der Waals surface area contributed by atoms with Crippen molar-refractivity contribution >= 4 is 34.8 Å². The third-order valence-corrected chi connectivity index (χ3v) is 3.40. The third kappa shape index (κ3) is 3.69. The summed E-state index contributed by atoms with van der Waals surface area (Å²) in [7, 11) is 0. The van der Waals surface area contributed by atoms with Crippen molar-refractivity contribution in [3.05, 3.63) is 64.4 Å². The fourth-order valence-corrected chi connectivity index (χ4v) is 2.10. The summed E-state index contributed by atoms with van der Waals surface area (Å²) in [6.45, 7) is 0.249. The van der Waals surface area contributed by atoms with Crippen LogP contribution in [0.1, 0.15) is 5.82 Å². The predicted molar refractivity (Wildman–Crippen MR) is 86.9 cm³/mol. The van der Waals surface area contributed by atoms with Crippen LogP contribution in [0.15, 0.2) is 48.5 Å². The van der Waals surface area contributed by atoms with Gasteiger partial charge in [-0.2, -0.15) is 4.98 Å². The second-order valence-electron chi connectivity index (χ2n) is 4.46. The van der Waals surface area contributed by atoms with Crippen LogP contribution >= 0.6 is 23.2 Å². The topological polar surface area (TPSA) is 62.8 Å². The van der Waals surface area contributed by atoms with Gasteiger partial charge in [-0.3, -0.25) is 5.10 Å². The van der Waals surface area contributed by atoms with Gasteiger partial charge in [-0.25, -0.2) is 0 Å². The Morgan fingerprint density at radius 3 is 2.59 bits per heavy atom. The fraction of sp³-hybridized carbons (Fsp3) is 0.0667. The van der Waals surface area contributed by atoms with Crippen molar-refractivity contribution in [2.75, 3.05) is 5.32 Å². The highest BCUT2D eigenvalue weighted by Crippen LogP contribution is 2.24. The number of anilines is 2. The van der Waals surface area contributed by atoms with Crippen molar-refractivity contribution in [3.63, 3.8) is 0 Å². The molecule has 0 spiro atoms. The van der Waals surface area contributed by atoms with Crippen LogP contribution < -0.4 is 10.1 Å². The molecule has 0 fully saturated rings. The lowest BCUT2D eigenvalue weighted by Crippen LogP contribution is -1.98. The number of rotatable bonds is 5. The zero-order valence-electron chi connectivity index (χ0n) is 11.4. The molecule has 0 saturated heterocycles. The number of ether oxygens (including phenoxy) is 1. The molecule has 0 aliphatic heterocycles. The summed E-state index contributed by atoms with van der Waals surface area (Å²) in [6, 6.07) is 14.5. The normalized spacial score (nSPS) is 10.5. The van der Waals surface area contributed by atoms with Gasteiger partial charge in [0, 0.05) is 10.7 Å². The molecule has 0 saturated carbocycles. The molecule has 1 aromatic heterocycles. The average molecular weight is 335 g/mol. The summed E-state index contributed by atoms with van der Waals surface area (Å²) < 4.78 is 5.59. The molecule has 0 aliphatic carbocycles. The van der Waals surface area contributed by atoms with Crippen LogP contribution in [0.2, 0.25) is 10.0 Å². The van der Waals surface area contributed by atoms with Crippen molar-refractivity contribution in [2.45, 2.75) is 6.61 Å². The third-order valence-electron chi connectivity index (χ3n) is 2.83. The lowest BCUT2D eigenvalue weighted by atomic mass is 10.3. The number of hydrogen-bond acceptors (Lipinski definition) is 4. The maximum Gasteiger partial charge on any atom is 0.246 e. The van der Waals surface area contributed by atoms with Crippen LogP contribution in [0.3, 0.4) is 0 Å². The molecule has 0 aliphatic rings. The summed E-state index contributed by atoms with van der Waals surface area (Å²) in [5, 5.41) is 11.2. The number of benzene rings is 2. The minimum absolute atomic E-state index is 0.249. The second-order valence-corrected chi connectivity index (χ2v) is 5.30. The highest BCUT2D eigenvalue weighted by atomic mass is 35.5. The first-order chi connectivity index (χ1) is 10.7. The zero-order valence-corrected chi connectivity index (χ0v) is 12.9. The molecule has 0 bridgehead atoms. The molecular formula is C15H12Cl2N4O. The van der Waals surface area contributed by atoms with Crippen LogP contribution in [0.4, 0.5) is 11.6 Å². The predicted octanol–water partition coefficient (Wildman–Crippen LogP) is 4.43. The van der Waals surface area contributed by atoms with E-state index in [-0.39, 0.29) is 6.61 Å². The van der Waals surface area contributed by atoms with E-state index in [0.29, 0.717) is 27.6 Å². The Bertz CT molecular complexity index is 758. The van der Waals surface area contributed by atoms with E-state index in [1.807, 2.05) is 24.3 Å². The molecular weight excluding hydrogens is 323 g/mol. The lowest BCUT2D eigenvalue weighted by molar-refractivity contribution is 0.296. The van der Waals surface area contributed by atoms with Crippen molar-refractivity contribution in [2.24, 2.45) is 0 Å². The number of para-hydroxylation sites is 1. The molecule has 0 atom stereocenters. The van der Waals surface area contributed by atoms with E-state index in [4.69, 9.17) is 27.9 Å². The van der Waals surface area contributed by atoms with Crippen LogP contribution in [-0.2, 0) is 6.61 Å². The van der Waals surface area contributed by atoms with E-state index < -0.39 is 0 Å². The minimum Gasteiger partial charge on any atom is -0.484 e. The SMILES string of the molecule is Clc1ccc(Nc2n[nH]c(COc3ccccc3Cl)n2)cc1. The van der Waals surface area contributed by atoms with Gasteiger partial charge >= 0.3 is 0 Å². The Kier molecular flexibility index (Phi) is 4.46. The van der Waals surface area contributed by atoms with E-state index in [1.165, 1.54) is 0 Å². The average Bonchev–Trinajstić information content (AvgIpc) is 2.96. The first-order valence-corrected chi connectivity index (χ1v) is 7.27. The standard InChI is InChI=1S/C15H12Cl2N4O/c16-10-5-7-11(8-6-10)18-15-19-14(20-21-15)9-22-13-4-2-1-3-12(13)17/h1-8H,9H2,(H2,18,19,20,21). The van der Waals surface area contributed by atoms with Crippen LogP contribution in [0.5, 0.6) is 5.75 Å². The van der Waals surface area contributed by atoms with Crippen LogP contribution in [0.25, 0.3) is 0 Å². The number of aromatic nitrogens is 3. The fourth-order valence-electron chi connectivity index (χ4n) is 1.79. The molecule has 22 heavy (non-hydrogen) atoms. The van der Waals surface area contributed by atoms with Gasteiger partial charge in [0.15, 0.2) is 5.82 Å². The van der Waals surface area contributed by atoms with Gasteiger partial charge in [0.1, 0.15) is 12.4 Å². The Hall–Kier alpha value is -2.24. The highest BCUT2D eigenvalue weighted by Gasteiger charge is 2.06. The number of halogens is 2. The Morgan fingerprint density at radius 1 is 1.05 bits per heavy atom. The van der Waals surface area contributed by atoms with E-state index >= 15 is 0 Å². The van der Waals surface area contributed by atoms with Gasteiger partial charge in [-0.1, -0.05) is 35.3 Å². The second kappa shape index (κ2) is 6.68. The lowest BCUT2D eigenvalue weighted by Gasteiger charge is -2.05. The molecule has 1 heterocycles. The van der Waals surface area contributed by atoms with E-state index in [9.17, 15) is 0 Å². The first kappa shape index (κ1) is 14.7. The molecule has 0 unspecified atom stereocenters. The summed E-state index contributed by atoms with van der Waals surface area (Å²) in [6.07, 6.45) is 0. The maximum atomic E-state index is 6.02. The highest BCUT2D eigenvalue weighted by molar-refractivity contribution is 6.32. The van der Waals surface area contributed by atoms with Crippen LogP contribution in [-0.4, -0.2) is 15.2 Å².